The summed E-state index contributed by atoms with van der Waals surface area (Å²) in [6.07, 6.45) is 2.04. The normalized spacial score (nSPS) is 18.5. The maximum Gasteiger partial charge on any atom is 0.126 e. The van der Waals surface area contributed by atoms with Crippen molar-refractivity contribution in [2.45, 2.75) is 31.7 Å². The molecule has 0 spiro atoms. The fourth-order valence-corrected chi connectivity index (χ4v) is 3.40. The molecule has 2 unspecified atom stereocenters. The van der Waals surface area contributed by atoms with Gasteiger partial charge in [-0.05, 0) is 48.2 Å². The first-order valence-corrected chi connectivity index (χ1v) is 7.46. The fourth-order valence-electron chi connectivity index (χ4n) is 3.40. The van der Waals surface area contributed by atoms with Crippen LogP contribution in [0.4, 0.5) is 8.78 Å². The first-order valence-electron chi connectivity index (χ1n) is 7.46. The monoisotopic (exact) mass is 287 g/mol. The first kappa shape index (κ1) is 14.2. The van der Waals surface area contributed by atoms with Crippen molar-refractivity contribution in [2.24, 2.45) is 0 Å². The van der Waals surface area contributed by atoms with E-state index in [1.807, 2.05) is 19.1 Å². The molecule has 1 N–H and O–H groups in total. The van der Waals surface area contributed by atoms with E-state index in [9.17, 15) is 8.78 Å². The molecule has 110 valence electrons. The zero-order valence-corrected chi connectivity index (χ0v) is 12.1. The van der Waals surface area contributed by atoms with E-state index >= 15 is 0 Å². The summed E-state index contributed by atoms with van der Waals surface area (Å²) < 4.78 is 27.1. The zero-order chi connectivity index (χ0) is 14.8. The molecule has 0 heterocycles. The smallest absolute Gasteiger partial charge is 0.126 e. The van der Waals surface area contributed by atoms with Gasteiger partial charge in [0.15, 0.2) is 0 Å². The highest BCUT2D eigenvalue weighted by atomic mass is 19.1. The average Bonchev–Trinajstić information content (AvgIpc) is 2.87. The largest absolute Gasteiger partial charge is 0.310 e. The lowest BCUT2D eigenvalue weighted by Gasteiger charge is -2.26. The van der Waals surface area contributed by atoms with Gasteiger partial charge in [0.2, 0.25) is 0 Å². The second-order valence-corrected chi connectivity index (χ2v) is 5.58. The molecule has 0 fully saturated rings. The van der Waals surface area contributed by atoms with Crippen LogP contribution in [0.3, 0.4) is 0 Å². The summed E-state index contributed by atoms with van der Waals surface area (Å²) in [6, 6.07) is 12.1. The van der Waals surface area contributed by atoms with Crippen LogP contribution in [-0.2, 0) is 6.42 Å². The lowest BCUT2D eigenvalue weighted by molar-refractivity contribution is 0.447. The van der Waals surface area contributed by atoms with Gasteiger partial charge in [0.1, 0.15) is 11.6 Å². The van der Waals surface area contributed by atoms with E-state index in [1.54, 1.807) is 0 Å². The summed E-state index contributed by atoms with van der Waals surface area (Å²) >= 11 is 0. The predicted molar refractivity (Wildman–Crippen MR) is 80.3 cm³/mol. The van der Waals surface area contributed by atoms with Crippen LogP contribution in [0.25, 0.3) is 0 Å². The summed E-state index contributed by atoms with van der Waals surface area (Å²) in [7, 11) is 0. The van der Waals surface area contributed by atoms with Crippen LogP contribution >= 0.6 is 0 Å². The third-order valence-electron chi connectivity index (χ3n) is 4.25. The third-order valence-corrected chi connectivity index (χ3v) is 4.25. The van der Waals surface area contributed by atoms with Crippen LogP contribution in [0.2, 0.25) is 0 Å². The van der Waals surface area contributed by atoms with Crippen LogP contribution in [0.15, 0.2) is 42.5 Å². The van der Waals surface area contributed by atoms with Gasteiger partial charge in [-0.15, -0.1) is 0 Å². The van der Waals surface area contributed by atoms with E-state index < -0.39 is 11.6 Å². The molecule has 0 aliphatic heterocycles. The van der Waals surface area contributed by atoms with Gasteiger partial charge in [0, 0.05) is 18.0 Å². The Labute approximate surface area is 124 Å². The lowest BCUT2D eigenvalue weighted by atomic mass is 9.88. The Kier molecular flexibility index (Phi) is 4.02. The number of rotatable bonds is 4. The van der Waals surface area contributed by atoms with E-state index in [0.29, 0.717) is 5.56 Å². The van der Waals surface area contributed by atoms with Crippen LogP contribution in [-0.4, -0.2) is 6.54 Å². The maximum absolute atomic E-state index is 13.5. The summed E-state index contributed by atoms with van der Waals surface area (Å²) in [5.74, 6) is -0.763. The van der Waals surface area contributed by atoms with Crippen molar-refractivity contribution < 1.29 is 8.78 Å². The van der Waals surface area contributed by atoms with E-state index in [0.717, 1.165) is 25.5 Å². The van der Waals surface area contributed by atoms with Crippen molar-refractivity contribution in [2.75, 3.05) is 6.54 Å². The van der Waals surface area contributed by atoms with Crippen LogP contribution in [0, 0.1) is 11.6 Å². The Morgan fingerprint density at radius 2 is 1.86 bits per heavy atom. The molecule has 1 aliphatic rings. The van der Waals surface area contributed by atoms with Crippen molar-refractivity contribution in [3.63, 3.8) is 0 Å². The molecular weight excluding hydrogens is 268 g/mol. The number of hydrogen-bond donors (Lipinski definition) is 1. The van der Waals surface area contributed by atoms with E-state index in [2.05, 4.69) is 17.4 Å². The Balaban J connectivity index is 1.99. The van der Waals surface area contributed by atoms with Crippen molar-refractivity contribution in [1.29, 1.82) is 0 Å². The summed E-state index contributed by atoms with van der Waals surface area (Å²) in [4.78, 5) is 0. The van der Waals surface area contributed by atoms with Crippen molar-refractivity contribution in [3.8, 4) is 0 Å². The van der Waals surface area contributed by atoms with Crippen LogP contribution in [0.1, 0.15) is 42.0 Å². The van der Waals surface area contributed by atoms with Gasteiger partial charge in [-0.3, -0.25) is 0 Å². The second-order valence-electron chi connectivity index (χ2n) is 5.58. The standard InChI is InChI=1S/C18H19F2N/c1-2-21-18(13-9-14(19)11-15(20)10-13)17-8-7-12-5-3-4-6-16(12)17/h3-6,9-11,17-18,21H,2,7-8H2,1H3. The number of fused-ring (bicyclic) bond motifs is 1. The van der Waals surface area contributed by atoms with Crippen molar-refractivity contribution >= 4 is 0 Å². The molecule has 0 amide bonds. The summed E-state index contributed by atoms with van der Waals surface area (Å²) in [5.41, 5.74) is 3.34. The summed E-state index contributed by atoms with van der Waals surface area (Å²) in [5, 5.41) is 3.40. The molecule has 0 aromatic heterocycles. The minimum Gasteiger partial charge on any atom is -0.310 e. The van der Waals surface area contributed by atoms with Gasteiger partial charge in [-0.25, -0.2) is 8.78 Å². The van der Waals surface area contributed by atoms with Gasteiger partial charge in [0.25, 0.3) is 0 Å². The lowest BCUT2D eigenvalue weighted by Crippen LogP contribution is -2.26. The number of benzene rings is 2. The molecule has 2 aromatic carbocycles. The molecule has 3 heteroatoms. The van der Waals surface area contributed by atoms with Crippen LogP contribution in [0.5, 0.6) is 0 Å². The SMILES string of the molecule is CCNC(c1cc(F)cc(F)c1)C1CCc2ccccc21. The molecule has 21 heavy (non-hydrogen) atoms. The van der Waals surface area contributed by atoms with Crippen molar-refractivity contribution in [1.82, 2.24) is 5.32 Å². The third kappa shape index (κ3) is 2.84. The van der Waals surface area contributed by atoms with E-state index in [4.69, 9.17) is 0 Å². The number of likely N-dealkylation sites (N-methyl/N-ethyl adjacent to an activating group) is 1. The number of nitrogens with one attached hydrogen (secondary N) is 1. The molecule has 3 rings (SSSR count). The molecule has 0 saturated heterocycles. The molecular formula is C18H19F2N. The van der Waals surface area contributed by atoms with Gasteiger partial charge >= 0.3 is 0 Å². The molecule has 1 nitrogen and oxygen atoms in total. The highest BCUT2D eigenvalue weighted by molar-refractivity contribution is 5.38. The highest BCUT2D eigenvalue weighted by Crippen LogP contribution is 2.41. The maximum atomic E-state index is 13.5. The number of hydrogen-bond acceptors (Lipinski definition) is 1. The van der Waals surface area contributed by atoms with Gasteiger partial charge in [0.05, 0.1) is 0 Å². The zero-order valence-electron chi connectivity index (χ0n) is 12.1. The molecule has 0 radical (unpaired) electrons. The van der Waals surface area contributed by atoms with Crippen LogP contribution < -0.4 is 5.32 Å². The minimum absolute atomic E-state index is 0.0520. The molecule has 0 bridgehead atoms. The Morgan fingerprint density at radius 3 is 2.57 bits per heavy atom. The van der Waals surface area contributed by atoms with Gasteiger partial charge in [-0.1, -0.05) is 31.2 Å². The van der Waals surface area contributed by atoms with E-state index in [1.165, 1.54) is 23.3 Å². The average molecular weight is 287 g/mol. The first-order chi connectivity index (χ1) is 10.2. The molecule has 1 aliphatic carbocycles. The molecule has 2 atom stereocenters. The second kappa shape index (κ2) is 5.94. The number of halogens is 2. The topological polar surface area (TPSA) is 12.0 Å². The highest BCUT2D eigenvalue weighted by Gasteiger charge is 2.30. The van der Waals surface area contributed by atoms with E-state index in [-0.39, 0.29) is 12.0 Å². The van der Waals surface area contributed by atoms with Gasteiger partial charge in [-0.2, -0.15) is 0 Å². The molecule has 0 saturated carbocycles. The Hall–Kier alpha value is -1.74. The Bertz CT molecular complexity index is 619. The number of aryl methyl sites for hydroxylation is 1. The Morgan fingerprint density at radius 1 is 1.14 bits per heavy atom. The van der Waals surface area contributed by atoms with Gasteiger partial charge < -0.3 is 5.32 Å². The summed E-state index contributed by atoms with van der Waals surface area (Å²) in [6.45, 7) is 2.78. The minimum atomic E-state index is -0.515. The molecule has 2 aromatic rings. The van der Waals surface area contributed by atoms with Crippen molar-refractivity contribution in [3.05, 3.63) is 70.8 Å². The quantitative estimate of drug-likeness (QED) is 0.881. The predicted octanol–water partition coefficient (Wildman–Crippen LogP) is 4.35. The fraction of sp³-hybridized carbons (Fsp3) is 0.333.